The summed E-state index contributed by atoms with van der Waals surface area (Å²) >= 11 is 6.08. The van der Waals surface area contributed by atoms with Gasteiger partial charge >= 0.3 is 0 Å². The number of hydrogen-bond donors (Lipinski definition) is 1. The number of carbonyl (C=O) groups excluding carboxylic acids is 1. The molecule has 4 heteroatoms. The van der Waals surface area contributed by atoms with Gasteiger partial charge in [0.15, 0.2) is 0 Å². The third-order valence-corrected chi connectivity index (χ3v) is 5.32. The molecule has 3 nitrogen and oxygen atoms in total. The van der Waals surface area contributed by atoms with Crippen LogP contribution in [0.4, 0.5) is 0 Å². The fraction of sp³-hybridized carbons (Fsp3) is 0.348. The van der Waals surface area contributed by atoms with Crippen LogP contribution >= 0.6 is 11.6 Å². The molecule has 1 atom stereocenters. The molecule has 1 aromatic heterocycles. The molecular weight excluding hydrogens is 356 g/mol. The van der Waals surface area contributed by atoms with E-state index in [0.717, 1.165) is 31.4 Å². The standard InChI is InChI=1S/C23H27ClN2O/c1-3-4-7-14-25-23(27)15-20(17-10-12-18(24)13-11-17)21-16-26(2)22-9-6-5-8-19(21)22/h5-6,8-13,16,20H,3-4,7,14-15H2,1-2H3,(H,25,27)/t20-/m0/s1. The molecule has 0 aliphatic heterocycles. The topological polar surface area (TPSA) is 34.0 Å². The van der Waals surface area contributed by atoms with Gasteiger partial charge in [0.05, 0.1) is 0 Å². The van der Waals surface area contributed by atoms with Crippen molar-refractivity contribution in [2.45, 2.75) is 38.5 Å². The Balaban J connectivity index is 1.90. The number of nitrogens with zero attached hydrogens (tertiary/aromatic N) is 1. The summed E-state index contributed by atoms with van der Waals surface area (Å²) < 4.78 is 2.13. The number of unbranched alkanes of at least 4 members (excludes halogenated alkanes) is 2. The van der Waals surface area contributed by atoms with Crippen LogP contribution in [0.5, 0.6) is 0 Å². The van der Waals surface area contributed by atoms with Crippen LogP contribution in [0.25, 0.3) is 10.9 Å². The van der Waals surface area contributed by atoms with E-state index in [1.165, 1.54) is 16.5 Å². The van der Waals surface area contributed by atoms with Crippen molar-refractivity contribution in [1.29, 1.82) is 0 Å². The molecule has 0 saturated carbocycles. The largest absolute Gasteiger partial charge is 0.356 e. The number of nitrogens with one attached hydrogen (secondary N) is 1. The summed E-state index contributed by atoms with van der Waals surface area (Å²) in [5, 5.41) is 4.98. The number of hydrogen-bond acceptors (Lipinski definition) is 1. The maximum atomic E-state index is 12.6. The first-order chi connectivity index (χ1) is 13.1. The van der Waals surface area contributed by atoms with Crippen molar-refractivity contribution in [3.8, 4) is 0 Å². The molecule has 142 valence electrons. The molecule has 0 spiro atoms. The third-order valence-electron chi connectivity index (χ3n) is 5.07. The molecule has 1 N–H and O–H groups in total. The van der Waals surface area contributed by atoms with Gasteiger partial charge in [-0.2, -0.15) is 0 Å². The number of benzene rings is 2. The minimum atomic E-state index is -0.000424. The highest BCUT2D eigenvalue weighted by molar-refractivity contribution is 6.30. The van der Waals surface area contributed by atoms with Gasteiger partial charge in [0.25, 0.3) is 0 Å². The first-order valence-corrected chi connectivity index (χ1v) is 10.0. The van der Waals surface area contributed by atoms with Gasteiger partial charge in [-0.15, -0.1) is 0 Å². The number of rotatable bonds is 8. The molecular formula is C23H27ClN2O. The fourth-order valence-corrected chi connectivity index (χ4v) is 3.74. The summed E-state index contributed by atoms with van der Waals surface area (Å²) in [4.78, 5) is 12.6. The molecule has 0 aliphatic carbocycles. The number of para-hydroxylation sites is 1. The first kappa shape index (κ1) is 19.5. The van der Waals surface area contributed by atoms with Crippen molar-refractivity contribution >= 4 is 28.4 Å². The Morgan fingerprint density at radius 2 is 1.85 bits per heavy atom. The minimum absolute atomic E-state index is 0.000424. The van der Waals surface area contributed by atoms with Gasteiger partial charge in [-0.05, 0) is 35.7 Å². The van der Waals surface area contributed by atoms with E-state index in [1.54, 1.807) is 0 Å². The summed E-state index contributed by atoms with van der Waals surface area (Å²) in [6, 6.07) is 16.2. The van der Waals surface area contributed by atoms with Gasteiger partial charge in [0.2, 0.25) is 5.91 Å². The maximum Gasteiger partial charge on any atom is 0.220 e. The predicted octanol–water partition coefficient (Wildman–Crippen LogP) is 5.66. The van der Waals surface area contributed by atoms with Crippen LogP contribution in [-0.2, 0) is 11.8 Å². The van der Waals surface area contributed by atoms with E-state index in [2.05, 4.69) is 48.3 Å². The maximum absolute atomic E-state index is 12.6. The summed E-state index contributed by atoms with van der Waals surface area (Å²) in [6.07, 6.45) is 5.90. The van der Waals surface area contributed by atoms with Crippen LogP contribution in [-0.4, -0.2) is 17.0 Å². The summed E-state index contributed by atoms with van der Waals surface area (Å²) in [7, 11) is 2.05. The Morgan fingerprint density at radius 1 is 1.11 bits per heavy atom. The van der Waals surface area contributed by atoms with Crippen LogP contribution in [0.3, 0.4) is 0 Å². The lowest BCUT2D eigenvalue weighted by molar-refractivity contribution is -0.121. The van der Waals surface area contributed by atoms with Crippen LogP contribution in [0.2, 0.25) is 5.02 Å². The monoisotopic (exact) mass is 382 g/mol. The lowest BCUT2D eigenvalue weighted by Crippen LogP contribution is -2.26. The van der Waals surface area contributed by atoms with E-state index in [0.29, 0.717) is 11.4 Å². The lowest BCUT2D eigenvalue weighted by atomic mass is 9.88. The van der Waals surface area contributed by atoms with Crippen molar-refractivity contribution in [3.05, 3.63) is 70.9 Å². The van der Waals surface area contributed by atoms with Crippen molar-refractivity contribution in [1.82, 2.24) is 9.88 Å². The Morgan fingerprint density at radius 3 is 2.59 bits per heavy atom. The first-order valence-electron chi connectivity index (χ1n) is 9.66. The van der Waals surface area contributed by atoms with Gasteiger partial charge in [-0.25, -0.2) is 0 Å². The van der Waals surface area contributed by atoms with Gasteiger partial charge in [-0.3, -0.25) is 4.79 Å². The highest BCUT2D eigenvalue weighted by atomic mass is 35.5. The van der Waals surface area contributed by atoms with Crippen molar-refractivity contribution in [2.75, 3.05) is 6.54 Å². The average Bonchev–Trinajstić information content (AvgIpc) is 3.01. The molecule has 3 aromatic rings. The molecule has 0 unspecified atom stereocenters. The van der Waals surface area contributed by atoms with Gasteiger partial charge < -0.3 is 9.88 Å². The Kier molecular flexibility index (Phi) is 6.57. The quantitative estimate of drug-likeness (QED) is 0.501. The fourth-order valence-electron chi connectivity index (χ4n) is 3.61. The van der Waals surface area contributed by atoms with E-state index >= 15 is 0 Å². The molecule has 0 radical (unpaired) electrons. The number of fused-ring (bicyclic) bond motifs is 1. The molecule has 0 fully saturated rings. The van der Waals surface area contributed by atoms with E-state index < -0.39 is 0 Å². The van der Waals surface area contributed by atoms with Crippen molar-refractivity contribution < 1.29 is 4.79 Å². The van der Waals surface area contributed by atoms with E-state index in [1.807, 2.05) is 30.3 Å². The molecule has 0 bridgehead atoms. The number of halogens is 1. The van der Waals surface area contributed by atoms with Crippen LogP contribution < -0.4 is 5.32 Å². The van der Waals surface area contributed by atoms with Crippen molar-refractivity contribution in [3.63, 3.8) is 0 Å². The Bertz CT molecular complexity index is 898. The third kappa shape index (κ3) is 4.72. The van der Waals surface area contributed by atoms with E-state index in [4.69, 9.17) is 11.6 Å². The normalized spacial score (nSPS) is 12.3. The molecule has 2 aromatic carbocycles. The van der Waals surface area contributed by atoms with Crippen LogP contribution in [0, 0.1) is 0 Å². The van der Waals surface area contributed by atoms with E-state index in [-0.39, 0.29) is 11.8 Å². The second-order valence-electron chi connectivity index (χ2n) is 7.08. The Hall–Kier alpha value is -2.26. The zero-order valence-electron chi connectivity index (χ0n) is 16.0. The van der Waals surface area contributed by atoms with Crippen LogP contribution in [0.15, 0.2) is 54.7 Å². The molecule has 1 amide bonds. The summed E-state index contributed by atoms with van der Waals surface area (Å²) in [6.45, 7) is 2.91. The van der Waals surface area contributed by atoms with Crippen LogP contribution in [0.1, 0.15) is 49.7 Å². The molecule has 1 heterocycles. The number of carbonyl (C=O) groups is 1. The van der Waals surface area contributed by atoms with Crippen molar-refractivity contribution in [2.24, 2.45) is 7.05 Å². The summed E-state index contributed by atoms with van der Waals surface area (Å²) in [5.74, 6) is 0.0959. The number of aromatic nitrogens is 1. The second-order valence-corrected chi connectivity index (χ2v) is 7.51. The SMILES string of the molecule is CCCCCNC(=O)C[C@@H](c1ccc(Cl)cc1)c1cn(C)c2ccccc12. The lowest BCUT2D eigenvalue weighted by Gasteiger charge is -2.17. The highest BCUT2D eigenvalue weighted by Gasteiger charge is 2.22. The van der Waals surface area contributed by atoms with Gasteiger partial charge in [-0.1, -0.05) is 61.7 Å². The van der Waals surface area contributed by atoms with Gasteiger partial charge in [0, 0.05) is 48.1 Å². The second kappa shape index (κ2) is 9.09. The predicted molar refractivity (Wildman–Crippen MR) is 113 cm³/mol. The smallest absolute Gasteiger partial charge is 0.220 e. The minimum Gasteiger partial charge on any atom is -0.356 e. The zero-order chi connectivity index (χ0) is 19.2. The zero-order valence-corrected chi connectivity index (χ0v) is 16.8. The molecule has 3 rings (SSSR count). The molecule has 0 saturated heterocycles. The summed E-state index contributed by atoms with van der Waals surface area (Å²) in [5.41, 5.74) is 3.47. The average molecular weight is 383 g/mol. The molecule has 27 heavy (non-hydrogen) atoms. The van der Waals surface area contributed by atoms with E-state index in [9.17, 15) is 4.79 Å². The molecule has 0 aliphatic rings. The number of amides is 1. The Labute approximate surface area is 166 Å². The highest BCUT2D eigenvalue weighted by Crippen LogP contribution is 2.34. The number of aryl methyl sites for hydroxylation is 1. The van der Waals surface area contributed by atoms with Gasteiger partial charge in [0.1, 0.15) is 0 Å².